The third kappa shape index (κ3) is 2.81. The summed E-state index contributed by atoms with van der Waals surface area (Å²) in [7, 11) is 0. The van der Waals surface area contributed by atoms with Gasteiger partial charge in [0, 0.05) is 24.5 Å². The van der Waals surface area contributed by atoms with Gasteiger partial charge in [-0.15, -0.1) is 0 Å². The number of furan rings is 1. The molecule has 19 heavy (non-hydrogen) atoms. The minimum absolute atomic E-state index is 0.0680. The summed E-state index contributed by atoms with van der Waals surface area (Å²) in [4.78, 5) is 2.34. The first-order valence-corrected chi connectivity index (χ1v) is 6.79. The zero-order chi connectivity index (χ0) is 13.2. The van der Waals surface area contributed by atoms with E-state index >= 15 is 0 Å². The van der Waals surface area contributed by atoms with Crippen molar-refractivity contribution in [3.63, 3.8) is 0 Å². The third-order valence-electron chi connectivity index (χ3n) is 3.62. The zero-order valence-electron chi connectivity index (χ0n) is 11.2. The predicted molar refractivity (Wildman–Crippen MR) is 74.9 cm³/mol. The number of rotatable bonds is 3. The van der Waals surface area contributed by atoms with Crippen molar-refractivity contribution in [3.05, 3.63) is 36.1 Å². The molecule has 0 spiro atoms. The average molecular weight is 260 g/mol. The Hall–Kier alpha value is -1.36. The van der Waals surface area contributed by atoms with Gasteiger partial charge in [-0.2, -0.15) is 0 Å². The molecule has 1 saturated heterocycles. The highest BCUT2D eigenvalue weighted by atomic mass is 16.5. The Labute approximate surface area is 113 Å². The normalized spacial score (nSPS) is 22.7. The summed E-state index contributed by atoms with van der Waals surface area (Å²) in [5.74, 6) is 1.01. The van der Waals surface area contributed by atoms with Crippen molar-refractivity contribution in [1.82, 2.24) is 4.90 Å². The van der Waals surface area contributed by atoms with Gasteiger partial charge in [0.05, 0.1) is 19.3 Å². The molecule has 1 aliphatic heterocycles. The highest BCUT2D eigenvalue weighted by molar-refractivity contribution is 5.77. The Balaban J connectivity index is 1.70. The largest absolute Gasteiger partial charge is 0.460 e. The van der Waals surface area contributed by atoms with Gasteiger partial charge in [0.1, 0.15) is 11.3 Å². The Bertz CT molecular complexity index is 517. The second-order valence-corrected chi connectivity index (χ2v) is 5.25. The fraction of sp³-hybridized carbons (Fsp3) is 0.467. The molecule has 3 rings (SSSR count). The molecule has 1 aromatic carbocycles. The van der Waals surface area contributed by atoms with E-state index in [1.165, 1.54) is 0 Å². The van der Waals surface area contributed by atoms with Crippen molar-refractivity contribution < 1.29 is 9.15 Å². The molecule has 102 valence electrons. The maximum Gasteiger partial charge on any atom is 0.134 e. The lowest BCUT2D eigenvalue weighted by atomic mass is 10.1. The number of benzene rings is 1. The fourth-order valence-corrected chi connectivity index (χ4v) is 2.53. The SMILES string of the molecule is CC(N)C1CN(Cc2cc3ccccc3o2)CCO1. The standard InChI is InChI=1S/C15H20N2O2/c1-11(16)15-10-17(6-7-18-15)9-13-8-12-4-2-3-5-14(12)19-13/h2-5,8,11,15H,6-7,9-10,16H2,1H3. The van der Waals surface area contributed by atoms with Crippen molar-refractivity contribution >= 4 is 11.0 Å². The maximum atomic E-state index is 5.91. The van der Waals surface area contributed by atoms with Crippen LogP contribution in [0.1, 0.15) is 12.7 Å². The fourth-order valence-electron chi connectivity index (χ4n) is 2.53. The van der Waals surface area contributed by atoms with Gasteiger partial charge in [-0.1, -0.05) is 18.2 Å². The van der Waals surface area contributed by atoms with Gasteiger partial charge >= 0.3 is 0 Å². The minimum Gasteiger partial charge on any atom is -0.460 e. The van der Waals surface area contributed by atoms with Gasteiger partial charge < -0.3 is 14.9 Å². The molecule has 2 heterocycles. The second kappa shape index (κ2) is 5.33. The number of para-hydroxylation sites is 1. The van der Waals surface area contributed by atoms with Gasteiger partial charge in [-0.25, -0.2) is 0 Å². The molecule has 2 atom stereocenters. The Morgan fingerprint density at radius 1 is 1.42 bits per heavy atom. The summed E-state index contributed by atoms with van der Waals surface area (Å²) in [5, 5.41) is 1.16. The molecule has 2 N–H and O–H groups in total. The number of morpholine rings is 1. The molecule has 0 radical (unpaired) electrons. The summed E-state index contributed by atoms with van der Waals surface area (Å²) < 4.78 is 11.5. The van der Waals surface area contributed by atoms with Gasteiger partial charge in [-0.05, 0) is 19.1 Å². The van der Waals surface area contributed by atoms with Gasteiger partial charge in [0.25, 0.3) is 0 Å². The molecule has 0 amide bonds. The molecule has 0 saturated carbocycles. The van der Waals surface area contributed by atoms with Crippen molar-refractivity contribution in [3.8, 4) is 0 Å². The van der Waals surface area contributed by atoms with E-state index in [2.05, 4.69) is 17.0 Å². The quantitative estimate of drug-likeness (QED) is 0.917. The van der Waals surface area contributed by atoms with Crippen molar-refractivity contribution in [1.29, 1.82) is 0 Å². The topological polar surface area (TPSA) is 51.6 Å². The predicted octanol–water partition coefficient (Wildman–Crippen LogP) is 1.98. The number of fused-ring (bicyclic) bond motifs is 1. The maximum absolute atomic E-state index is 5.91. The van der Waals surface area contributed by atoms with E-state index in [9.17, 15) is 0 Å². The van der Waals surface area contributed by atoms with E-state index in [4.69, 9.17) is 14.9 Å². The van der Waals surface area contributed by atoms with Crippen LogP contribution in [-0.4, -0.2) is 36.7 Å². The number of nitrogens with zero attached hydrogens (tertiary/aromatic N) is 1. The molecule has 1 aromatic heterocycles. The van der Waals surface area contributed by atoms with Gasteiger partial charge in [-0.3, -0.25) is 4.90 Å². The second-order valence-electron chi connectivity index (χ2n) is 5.25. The van der Waals surface area contributed by atoms with Crippen LogP contribution >= 0.6 is 0 Å². The van der Waals surface area contributed by atoms with E-state index in [-0.39, 0.29) is 12.1 Å². The molecule has 0 bridgehead atoms. The van der Waals surface area contributed by atoms with Crippen LogP contribution in [0, 0.1) is 0 Å². The molecule has 1 fully saturated rings. The summed E-state index contributed by atoms with van der Waals surface area (Å²) >= 11 is 0. The number of nitrogens with two attached hydrogens (primary N) is 1. The molecular weight excluding hydrogens is 240 g/mol. The summed E-state index contributed by atoms with van der Waals surface area (Å²) in [6.07, 6.45) is 0.123. The number of hydrogen-bond donors (Lipinski definition) is 1. The Morgan fingerprint density at radius 3 is 3.05 bits per heavy atom. The first kappa shape index (κ1) is 12.7. The highest BCUT2D eigenvalue weighted by Crippen LogP contribution is 2.21. The zero-order valence-corrected chi connectivity index (χ0v) is 11.2. The van der Waals surface area contributed by atoms with Crippen molar-refractivity contribution in [2.75, 3.05) is 19.7 Å². The number of ether oxygens (including phenoxy) is 1. The molecule has 1 aliphatic rings. The van der Waals surface area contributed by atoms with Crippen LogP contribution in [0.4, 0.5) is 0 Å². The van der Waals surface area contributed by atoms with Gasteiger partial charge in [0.2, 0.25) is 0 Å². The van der Waals surface area contributed by atoms with Crippen LogP contribution in [0.5, 0.6) is 0 Å². The van der Waals surface area contributed by atoms with E-state index < -0.39 is 0 Å². The first-order chi connectivity index (χ1) is 9.22. The summed E-state index contributed by atoms with van der Waals surface area (Å²) in [6.45, 7) is 5.36. The van der Waals surface area contributed by atoms with E-state index in [0.29, 0.717) is 0 Å². The first-order valence-electron chi connectivity index (χ1n) is 6.79. The third-order valence-corrected chi connectivity index (χ3v) is 3.62. The molecular formula is C15H20N2O2. The molecule has 2 unspecified atom stereocenters. The van der Waals surface area contributed by atoms with Crippen molar-refractivity contribution in [2.45, 2.75) is 25.6 Å². The highest BCUT2D eigenvalue weighted by Gasteiger charge is 2.24. The Morgan fingerprint density at radius 2 is 2.26 bits per heavy atom. The summed E-state index contributed by atoms with van der Waals surface area (Å²) in [6, 6.07) is 10.3. The van der Waals surface area contributed by atoms with E-state index in [0.717, 1.165) is 43.0 Å². The van der Waals surface area contributed by atoms with Crippen LogP contribution in [0.2, 0.25) is 0 Å². The monoisotopic (exact) mass is 260 g/mol. The molecule has 0 aliphatic carbocycles. The lowest BCUT2D eigenvalue weighted by molar-refractivity contribution is -0.0418. The molecule has 4 nitrogen and oxygen atoms in total. The van der Waals surface area contributed by atoms with Crippen LogP contribution in [-0.2, 0) is 11.3 Å². The van der Waals surface area contributed by atoms with Crippen LogP contribution in [0.3, 0.4) is 0 Å². The van der Waals surface area contributed by atoms with E-state index in [1.54, 1.807) is 0 Å². The number of hydrogen-bond acceptors (Lipinski definition) is 4. The van der Waals surface area contributed by atoms with Crippen LogP contribution in [0.15, 0.2) is 34.7 Å². The van der Waals surface area contributed by atoms with Crippen molar-refractivity contribution in [2.24, 2.45) is 5.73 Å². The lowest BCUT2D eigenvalue weighted by Crippen LogP contribution is -2.49. The average Bonchev–Trinajstić information content (AvgIpc) is 2.81. The van der Waals surface area contributed by atoms with Gasteiger partial charge in [0.15, 0.2) is 0 Å². The Kier molecular flexibility index (Phi) is 3.55. The van der Waals surface area contributed by atoms with Crippen LogP contribution < -0.4 is 5.73 Å². The summed E-state index contributed by atoms with van der Waals surface area (Å²) in [5.41, 5.74) is 6.86. The van der Waals surface area contributed by atoms with E-state index in [1.807, 2.05) is 25.1 Å². The van der Waals surface area contributed by atoms with Crippen LogP contribution in [0.25, 0.3) is 11.0 Å². The smallest absolute Gasteiger partial charge is 0.134 e. The lowest BCUT2D eigenvalue weighted by Gasteiger charge is -2.34. The molecule has 2 aromatic rings. The minimum atomic E-state index is 0.0680. The molecule has 4 heteroatoms.